The second-order valence-corrected chi connectivity index (χ2v) is 3.25. The van der Waals surface area contributed by atoms with Crippen molar-refractivity contribution in [2.45, 2.75) is 0 Å². The van der Waals surface area contributed by atoms with Crippen LogP contribution in [0.15, 0.2) is 24.7 Å². The summed E-state index contributed by atoms with van der Waals surface area (Å²) in [6.45, 7) is 0. The Kier molecular flexibility index (Phi) is 2.19. The van der Waals surface area contributed by atoms with Crippen molar-refractivity contribution in [3.05, 3.63) is 29.5 Å². The second-order valence-electron chi connectivity index (χ2n) is 2.45. The fourth-order valence-corrected chi connectivity index (χ4v) is 1.58. The topological polar surface area (TPSA) is 76.0 Å². The molecule has 0 saturated carbocycles. The predicted molar refractivity (Wildman–Crippen MR) is 50.1 cm³/mol. The lowest BCUT2D eigenvalue weighted by molar-refractivity contribution is 0.0703. The van der Waals surface area contributed by atoms with Gasteiger partial charge in [-0.2, -0.15) is 4.37 Å². The highest BCUT2D eigenvalue weighted by atomic mass is 32.1. The highest BCUT2D eigenvalue weighted by molar-refractivity contribution is 7.08. The summed E-state index contributed by atoms with van der Waals surface area (Å²) in [5, 5.41) is 8.83. The predicted octanol–water partition coefficient (Wildman–Crippen LogP) is 1.30. The summed E-state index contributed by atoms with van der Waals surface area (Å²) in [5.41, 5.74) is 0.461. The van der Waals surface area contributed by atoms with Crippen molar-refractivity contribution in [1.82, 2.24) is 14.3 Å². The van der Waals surface area contributed by atoms with Crippen molar-refractivity contribution in [3.8, 4) is 11.4 Å². The van der Waals surface area contributed by atoms with Crippen LogP contribution < -0.4 is 0 Å². The molecule has 0 aliphatic heterocycles. The van der Waals surface area contributed by atoms with Crippen LogP contribution in [0.5, 0.6) is 0 Å². The van der Waals surface area contributed by atoms with Gasteiger partial charge in [0.15, 0.2) is 5.82 Å². The van der Waals surface area contributed by atoms with E-state index in [2.05, 4.69) is 14.3 Å². The van der Waals surface area contributed by atoms with Crippen LogP contribution in [0.3, 0.4) is 0 Å². The van der Waals surface area contributed by atoms with Gasteiger partial charge in [0.1, 0.15) is 4.88 Å². The first-order chi connectivity index (χ1) is 6.79. The van der Waals surface area contributed by atoms with Gasteiger partial charge in [0.05, 0.1) is 11.8 Å². The number of hydrogen-bond acceptors (Lipinski definition) is 5. The number of carboxylic acids is 1. The summed E-state index contributed by atoms with van der Waals surface area (Å²) < 4.78 is 3.80. The standard InChI is InChI=1S/C8H5N3O2S/c12-8(13)6-5(4-11-14-6)7-9-2-1-3-10-7/h1-4H,(H,12,13). The molecule has 0 aromatic carbocycles. The third kappa shape index (κ3) is 1.47. The molecule has 5 nitrogen and oxygen atoms in total. The average Bonchev–Trinajstić information content (AvgIpc) is 2.67. The highest BCUT2D eigenvalue weighted by Crippen LogP contribution is 2.22. The lowest BCUT2D eigenvalue weighted by Crippen LogP contribution is -1.96. The van der Waals surface area contributed by atoms with Gasteiger partial charge in [-0.3, -0.25) is 0 Å². The maximum Gasteiger partial charge on any atom is 0.348 e. The van der Waals surface area contributed by atoms with Crippen molar-refractivity contribution in [1.29, 1.82) is 0 Å². The van der Waals surface area contributed by atoms with Gasteiger partial charge < -0.3 is 5.11 Å². The molecule has 1 N–H and O–H groups in total. The summed E-state index contributed by atoms with van der Waals surface area (Å²) in [4.78, 5) is 18.8. The first-order valence-corrected chi connectivity index (χ1v) is 4.51. The van der Waals surface area contributed by atoms with Crippen molar-refractivity contribution in [2.75, 3.05) is 0 Å². The normalized spacial score (nSPS) is 10.0. The Hall–Kier alpha value is -1.82. The molecule has 2 aromatic heterocycles. The van der Waals surface area contributed by atoms with Crippen molar-refractivity contribution >= 4 is 17.5 Å². The van der Waals surface area contributed by atoms with Gasteiger partial charge in [0.2, 0.25) is 0 Å². The minimum absolute atomic E-state index is 0.163. The van der Waals surface area contributed by atoms with E-state index >= 15 is 0 Å². The molecule has 14 heavy (non-hydrogen) atoms. The molecule has 2 rings (SSSR count). The van der Waals surface area contributed by atoms with Gasteiger partial charge >= 0.3 is 5.97 Å². The number of carboxylic acid groups (broad SMARTS) is 1. The molecule has 0 aliphatic rings. The molecule has 0 aliphatic carbocycles. The fraction of sp³-hybridized carbons (Fsp3) is 0. The van der Waals surface area contributed by atoms with Crippen molar-refractivity contribution in [2.24, 2.45) is 0 Å². The van der Waals surface area contributed by atoms with E-state index in [9.17, 15) is 4.79 Å². The Morgan fingerprint density at radius 2 is 2.07 bits per heavy atom. The van der Waals surface area contributed by atoms with Crippen LogP contribution >= 0.6 is 11.5 Å². The number of aromatic nitrogens is 3. The van der Waals surface area contributed by atoms with Crippen molar-refractivity contribution in [3.63, 3.8) is 0 Å². The molecule has 2 aromatic rings. The van der Waals surface area contributed by atoms with Crippen LogP contribution in [0.1, 0.15) is 9.67 Å². The van der Waals surface area contributed by atoms with Crippen molar-refractivity contribution < 1.29 is 9.90 Å². The number of rotatable bonds is 2. The Labute approximate surface area is 83.2 Å². The summed E-state index contributed by atoms with van der Waals surface area (Å²) in [6.07, 6.45) is 4.58. The first kappa shape index (κ1) is 8.76. The average molecular weight is 207 g/mol. The van der Waals surface area contributed by atoms with Crippen LogP contribution in [0.4, 0.5) is 0 Å². The second kappa shape index (κ2) is 3.51. The monoisotopic (exact) mass is 207 g/mol. The van der Waals surface area contributed by atoms with Gasteiger partial charge in [0.25, 0.3) is 0 Å². The molecule has 0 radical (unpaired) electrons. The van der Waals surface area contributed by atoms with Gasteiger partial charge in [0, 0.05) is 12.4 Å². The third-order valence-electron chi connectivity index (χ3n) is 1.57. The Balaban J connectivity index is 2.52. The van der Waals surface area contributed by atoms with E-state index in [4.69, 9.17) is 5.11 Å². The minimum Gasteiger partial charge on any atom is -0.477 e. The van der Waals surface area contributed by atoms with E-state index in [1.807, 2.05) is 0 Å². The first-order valence-electron chi connectivity index (χ1n) is 3.74. The molecular weight excluding hydrogens is 202 g/mol. The molecule has 0 fully saturated rings. The zero-order valence-electron chi connectivity index (χ0n) is 6.91. The Bertz CT molecular complexity index is 455. The lowest BCUT2D eigenvalue weighted by atomic mass is 10.2. The van der Waals surface area contributed by atoms with Crippen LogP contribution in [0.25, 0.3) is 11.4 Å². The smallest absolute Gasteiger partial charge is 0.348 e. The molecule has 2 heterocycles. The highest BCUT2D eigenvalue weighted by Gasteiger charge is 2.15. The van der Waals surface area contributed by atoms with E-state index in [1.54, 1.807) is 18.5 Å². The molecule has 0 atom stereocenters. The number of carbonyl (C=O) groups is 1. The molecule has 0 spiro atoms. The van der Waals surface area contributed by atoms with E-state index in [0.29, 0.717) is 11.4 Å². The SMILES string of the molecule is O=C(O)c1sncc1-c1ncccn1. The fourth-order valence-electron chi connectivity index (χ4n) is 0.991. The van der Waals surface area contributed by atoms with Crippen LogP contribution in [-0.2, 0) is 0 Å². The molecular formula is C8H5N3O2S. The summed E-state index contributed by atoms with van der Waals surface area (Å²) in [6, 6.07) is 1.67. The lowest BCUT2D eigenvalue weighted by Gasteiger charge is -1.95. The van der Waals surface area contributed by atoms with E-state index in [0.717, 1.165) is 11.5 Å². The molecule has 0 saturated heterocycles. The van der Waals surface area contributed by atoms with E-state index < -0.39 is 5.97 Å². The molecule has 0 amide bonds. The molecule has 70 valence electrons. The largest absolute Gasteiger partial charge is 0.477 e. The minimum atomic E-state index is -1.00. The maximum absolute atomic E-state index is 10.8. The third-order valence-corrected chi connectivity index (χ3v) is 2.36. The summed E-state index contributed by atoms with van der Waals surface area (Å²) in [5.74, 6) is -0.617. The van der Waals surface area contributed by atoms with E-state index in [1.165, 1.54) is 6.20 Å². The number of nitrogens with zero attached hydrogens (tertiary/aromatic N) is 3. The quantitative estimate of drug-likeness (QED) is 0.803. The van der Waals surface area contributed by atoms with Crippen LogP contribution in [-0.4, -0.2) is 25.4 Å². The van der Waals surface area contributed by atoms with Crippen LogP contribution in [0.2, 0.25) is 0 Å². The maximum atomic E-state index is 10.8. The number of aromatic carboxylic acids is 1. The zero-order chi connectivity index (χ0) is 9.97. The summed E-state index contributed by atoms with van der Waals surface area (Å²) >= 11 is 0.923. The van der Waals surface area contributed by atoms with Gasteiger partial charge in [-0.15, -0.1) is 0 Å². The Morgan fingerprint density at radius 3 is 2.71 bits per heavy atom. The van der Waals surface area contributed by atoms with Crippen LogP contribution in [0, 0.1) is 0 Å². The Morgan fingerprint density at radius 1 is 1.36 bits per heavy atom. The molecule has 0 unspecified atom stereocenters. The molecule has 0 bridgehead atoms. The van der Waals surface area contributed by atoms with Gasteiger partial charge in [-0.05, 0) is 17.6 Å². The number of hydrogen-bond donors (Lipinski definition) is 1. The van der Waals surface area contributed by atoms with Gasteiger partial charge in [-0.1, -0.05) is 0 Å². The van der Waals surface area contributed by atoms with E-state index in [-0.39, 0.29) is 4.88 Å². The molecule has 6 heteroatoms. The zero-order valence-corrected chi connectivity index (χ0v) is 7.73. The summed E-state index contributed by atoms with van der Waals surface area (Å²) in [7, 11) is 0. The van der Waals surface area contributed by atoms with Gasteiger partial charge in [-0.25, -0.2) is 14.8 Å².